The normalized spacial score (nSPS) is 16.7. The fourth-order valence-electron chi connectivity index (χ4n) is 4.04. The Balaban J connectivity index is 1.62. The van der Waals surface area contributed by atoms with Gasteiger partial charge in [-0.05, 0) is 47.7 Å². The highest BCUT2D eigenvalue weighted by Gasteiger charge is 2.24. The highest BCUT2D eigenvalue weighted by Crippen LogP contribution is 2.34. The van der Waals surface area contributed by atoms with Crippen molar-refractivity contribution in [2.45, 2.75) is 25.9 Å². The number of hydrogen-bond acceptors (Lipinski definition) is 3. The number of Topliss-reactive ketones (excluding diaryl/α,β-unsaturated/α-hetero) is 1. The monoisotopic (exact) mass is 397 g/mol. The quantitative estimate of drug-likeness (QED) is 0.483. The summed E-state index contributed by atoms with van der Waals surface area (Å²) in [5.41, 5.74) is 5.87. The molecule has 0 aromatic heterocycles. The van der Waals surface area contributed by atoms with Gasteiger partial charge in [-0.1, -0.05) is 72.8 Å². The molecule has 3 aromatic rings. The van der Waals surface area contributed by atoms with Crippen LogP contribution in [0.15, 0.2) is 84.9 Å². The van der Waals surface area contributed by atoms with Crippen LogP contribution in [0, 0.1) is 0 Å². The van der Waals surface area contributed by atoms with Crippen molar-refractivity contribution < 1.29 is 9.53 Å². The van der Waals surface area contributed by atoms with Crippen LogP contribution >= 0.6 is 0 Å². The lowest BCUT2D eigenvalue weighted by molar-refractivity contribution is 0.101. The number of carbonyl (C=O) groups is 1. The second-order valence-electron chi connectivity index (χ2n) is 7.75. The van der Waals surface area contributed by atoms with Crippen LogP contribution in [-0.4, -0.2) is 24.3 Å². The highest BCUT2D eigenvalue weighted by molar-refractivity contribution is 5.94. The van der Waals surface area contributed by atoms with Crippen molar-refractivity contribution in [3.63, 3.8) is 0 Å². The van der Waals surface area contributed by atoms with E-state index in [-0.39, 0.29) is 11.8 Å². The Bertz CT molecular complexity index is 1020. The summed E-state index contributed by atoms with van der Waals surface area (Å²) < 4.78 is 5.29. The van der Waals surface area contributed by atoms with Crippen LogP contribution in [-0.2, 0) is 6.54 Å². The van der Waals surface area contributed by atoms with Gasteiger partial charge < -0.3 is 4.74 Å². The van der Waals surface area contributed by atoms with E-state index in [0.717, 1.165) is 30.8 Å². The lowest BCUT2D eigenvalue weighted by atomic mass is 9.91. The predicted octanol–water partition coefficient (Wildman–Crippen LogP) is 5.93. The van der Waals surface area contributed by atoms with Crippen LogP contribution in [0.5, 0.6) is 5.75 Å². The molecule has 3 heteroatoms. The molecule has 0 bridgehead atoms. The Kier molecular flexibility index (Phi) is 6.10. The molecule has 1 aliphatic heterocycles. The molecular weight excluding hydrogens is 370 g/mol. The summed E-state index contributed by atoms with van der Waals surface area (Å²) in [5, 5.41) is 0. The van der Waals surface area contributed by atoms with E-state index < -0.39 is 0 Å². The molecule has 3 nitrogen and oxygen atoms in total. The van der Waals surface area contributed by atoms with Gasteiger partial charge in [-0.3, -0.25) is 9.69 Å². The van der Waals surface area contributed by atoms with Crippen LogP contribution < -0.4 is 4.74 Å². The Morgan fingerprint density at radius 2 is 1.67 bits per heavy atom. The van der Waals surface area contributed by atoms with Gasteiger partial charge in [0.1, 0.15) is 5.75 Å². The lowest BCUT2D eigenvalue weighted by Crippen LogP contribution is -2.31. The average Bonchev–Trinajstić information content (AvgIpc) is 2.80. The van der Waals surface area contributed by atoms with Crippen LogP contribution in [0.2, 0.25) is 0 Å². The van der Waals surface area contributed by atoms with E-state index >= 15 is 0 Å². The van der Waals surface area contributed by atoms with Crippen LogP contribution in [0.4, 0.5) is 0 Å². The number of carbonyl (C=O) groups excluding carboxylic acids is 1. The maximum Gasteiger partial charge on any atom is 0.159 e. The third kappa shape index (κ3) is 4.52. The van der Waals surface area contributed by atoms with Crippen molar-refractivity contribution in [1.82, 2.24) is 4.90 Å². The molecule has 0 amide bonds. The molecule has 0 N–H and O–H groups in total. The predicted molar refractivity (Wildman–Crippen MR) is 122 cm³/mol. The molecule has 0 saturated heterocycles. The maximum atomic E-state index is 11.6. The van der Waals surface area contributed by atoms with Crippen molar-refractivity contribution >= 4 is 11.4 Å². The minimum Gasteiger partial charge on any atom is -0.497 e. The number of methoxy groups -OCH3 is 1. The van der Waals surface area contributed by atoms with Gasteiger partial charge in [0.05, 0.1) is 13.2 Å². The van der Waals surface area contributed by atoms with Gasteiger partial charge >= 0.3 is 0 Å². The first-order valence-corrected chi connectivity index (χ1v) is 10.4. The van der Waals surface area contributed by atoms with Crippen LogP contribution in [0.3, 0.4) is 0 Å². The fraction of sp³-hybridized carbons (Fsp3) is 0.222. The lowest BCUT2D eigenvalue weighted by Gasteiger charge is -2.35. The van der Waals surface area contributed by atoms with Gasteiger partial charge in [0, 0.05) is 18.7 Å². The van der Waals surface area contributed by atoms with Gasteiger partial charge in [-0.15, -0.1) is 0 Å². The molecule has 30 heavy (non-hydrogen) atoms. The van der Waals surface area contributed by atoms with E-state index in [9.17, 15) is 4.79 Å². The first-order valence-electron chi connectivity index (χ1n) is 10.4. The first kappa shape index (κ1) is 20.1. The molecule has 0 fully saturated rings. The minimum absolute atomic E-state index is 0.104. The van der Waals surface area contributed by atoms with Crippen LogP contribution in [0.25, 0.3) is 5.57 Å². The van der Waals surface area contributed by atoms with E-state index in [1.165, 1.54) is 22.3 Å². The topological polar surface area (TPSA) is 29.5 Å². The smallest absolute Gasteiger partial charge is 0.159 e. The van der Waals surface area contributed by atoms with E-state index in [2.05, 4.69) is 65.6 Å². The molecule has 0 radical (unpaired) electrons. The molecule has 1 atom stereocenters. The van der Waals surface area contributed by atoms with Gasteiger partial charge in [-0.25, -0.2) is 0 Å². The summed E-state index contributed by atoms with van der Waals surface area (Å²) in [6, 6.07) is 27.2. The number of ether oxygens (including phenoxy) is 1. The third-order valence-corrected chi connectivity index (χ3v) is 5.77. The Labute approximate surface area is 178 Å². The molecule has 3 aromatic carbocycles. The summed E-state index contributed by atoms with van der Waals surface area (Å²) in [4.78, 5) is 14.1. The number of ketones is 1. The minimum atomic E-state index is 0.104. The fourth-order valence-corrected chi connectivity index (χ4v) is 4.04. The molecule has 152 valence electrons. The molecular formula is C27H27NO2. The number of rotatable bonds is 6. The molecule has 0 spiro atoms. The zero-order valence-corrected chi connectivity index (χ0v) is 17.5. The van der Waals surface area contributed by atoms with Crippen molar-refractivity contribution in [3.8, 4) is 5.75 Å². The average molecular weight is 398 g/mol. The first-order chi connectivity index (χ1) is 14.6. The Hall–Kier alpha value is -3.17. The number of nitrogens with zero attached hydrogens (tertiary/aromatic N) is 1. The molecule has 4 rings (SSSR count). The number of benzene rings is 3. The van der Waals surface area contributed by atoms with Crippen LogP contribution in [0.1, 0.15) is 46.4 Å². The van der Waals surface area contributed by atoms with Gasteiger partial charge in [0.25, 0.3) is 0 Å². The van der Waals surface area contributed by atoms with Gasteiger partial charge in [0.15, 0.2) is 5.78 Å². The van der Waals surface area contributed by atoms with Crippen molar-refractivity contribution in [1.29, 1.82) is 0 Å². The Morgan fingerprint density at radius 1 is 0.967 bits per heavy atom. The molecule has 0 aliphatic carbocycles. The van der Waals surface area contributed by atoms with Crippen molar-refractivity contribution in [3.05, 3.63) is 107 Å². The van der Waals surface area contributed by atoms with E-state index in [1.54, 1.807) is 14.0 Å². The molecule has 1 unspecified atom stereocenters. The van der Waals surface area contributed by atoms with Gasteiger partial charge in [0.2, 0.25) is 0 Å². The summed E-state index contributed by atoms with van der Waals surface area (Å²) in [7, 11) is 1.69. The standard InChI is InChI=1S/C27H27NO2/c1-20(29)22-10-12-23(13-11-22)25-16-17-28(19-21-8-14-26(30-2)15-9-21)27(18-25)24-6-4-3-5-7-24/h3-15,18,27H,16-17,19H2,1-2H3. The Morgan fingerprint density at radius 3 is 2.30 bits per heavy atom. The summed E-state index contributed by atoms with van der Waals surface area (Å²) in [6.07, 6.45) is 3.37. The maximum absolute atomic E-state index is 11.6. The zero-order valence-electron chi connectivity index (χ0n) is 17.5. The number of hydrogen-bond donors (Lipinski definition) is 0. The SMILES string of the molecule is COc1ccc(CN2CCC(c3ccc(C(C)=O)cc3)=CC2c2ccccc2)cc1. The summed E-state index contributed by atoms with van der Waals surface area (Å²) in [6.45, 7) is 3.47. The summed E-state index contributed by atoms with van der Waals surface area (Å²) >= 11 is 0. The molecule has 1 aliphatic rings. The summed E-state index contributed by atoms with van der Waals surface area (Å²) in [5.74, 6) is 0.986. The molecule has 1 heterocycles. The second kappa shape index (κ2) is 9.10. The van der Waals surface area contributed by atoms with Crippen molar-refractivity contribution in [2.75, 3.05) is 13.7 Å². The van der Waals surface area contributed by atoms with E-state index in [4.69, 9.17) is 4.74 Å². The van der Waals surface area contributed by atoms with Crippen molar-refractivity contribution in [2.24, 2.45) is 0 Å². The van der Waals surface area contributed by atoms with Gasteiger partial charge in [-0.2, -0.15) is 0 Å². The molecule has 0 saturated carbocycles. The highest BCUT2D eigenvalue weighted by atomic mass is 16.5. The largest absolute Gasteiger partial charge is 0.497 e. The van der Waals surface area contributed by atoms with E-state index in [0.29, 0.717) is 0 Å². The second-order valence-corrected chi connectivity index (χ2v) is 7.75. The third-order valence-electron chi connectivity index (χ3n) is 5.77. The zero-order chi connectivity index (χ0) is 20.9. The van der Waals surface area contributed by atoms with E-state index in [1.807, 2.05) is 24.3 Å².